The summed E-state index contributed by atoms with van der Waals surface area (Å²) in [5, 5.41) is 0.924. The lowest BCUT2D eigenvalue weighted by Crippen LogP contribution is -2.32. The number of halogens is 1. The highest BCUT2D eigenvalue weighted by Gasteiger charge is 2.41. The molecular weight excluding hydrogens is 264 g/mol. The second-order valence-corrected chi connectivity index (χ2v) is 7.09. The van der Waals surface area contributed by atoms with Gasteiger partial charge in [-0.2, -0.15) is 0 Å². The van der Waals surface area contributed by atoms with Crippen molar-refractivity contribution in [2.75, 3.05) is 16.8 Å². The zero-order chi connectivity index (χ0) is 10.8. The van der Waals surface area contributed by atoms with Crippen LogP contribution in [0.15, 0.2) is 0 Å². The molecule has 1 rings (SSSR count). The molecule has 1 unspecified atom stereocenters. The Hall–Kier alpha value is 0.430. The molecule has 2 nitrogen and oxygen atoms in total. The van der Waals surface area contributed by atoms with Gasteiger partial charge in [0.05, 0.1) is 11.5 Å². The molecule has 0 aliphatic carbocycles. The van der Waals surface area contributed by atoms with Crippen LogP contribution in [0.25, 0.3) is 0 Å². The average molecular weight is 283 g/mol. The van der Waals surface area contributed by atoms with Crippen LogP contribution < -0.4 is 0 Å². The summed E-state index contributed by atoms with van der Waals surface area (Å²) in [6.45, 7) is 4.32. The Labute approximate surface area is 95.5 Å². The Bertz CT molecular complexity index is 272. The standard InChI is InChI=1S/C10H19BrO2S/c1-3-10(4-2,8-11)9-5-6-14(12,13)7-9/h9H,3-8H2,1-2H3. The first kappa shape index (κ1) is 12.5. The first-order valence-electron chi connectivity index (χ1n) is 5.26. The summed E-state index contributed by atoms with van der Waals surface area (Å²) < 4.78 is 22.8. The number of rotatable bonds is 4. The highest BCUT2D eigenvalue weighted by molar-refractivity contribution is 9.09. The van der Waals surface area contributed by atoms with Crippen LogP contribution >= 0.6 is 15.9 Å². The number of hydrogen-bond acceptors (Lipinski definition) is 2. The largest absolute Gasteiger partial charge is 0.229 e. The molecule has 1 atom stereocenters. The maximum Gasteiger partial charge on any atom is 0.150 e. The van der Waals surface area contributed by atoms with E-state index in [0.717, 1.165) is 24.6 Å². The minimum Gasteiger partial charge on any atom is -0.229 e. The molecule has 1 aliphatic rings. The third-order valence-corrected chi connectivity index (χ3v) is 6.66. The van der Waals surface area contributed by atoms with Crippen LogP contribution in [0, 0.1) is 11.3 Å². The van der Waals surface area contributed by atoms with E-state index in [1.165, 1.54) is 0 Å². The summed E-state index contributed by atoms with van der Waals surface area (Å²) in [4.78, 5) is 0. The van der Waals surface area contributed by atoms with Crippen LogP contribution in [-0.4, -0.2) is 25.3 Å². The number of sulfone groups is 1. The van der Waals surface area contributed by atoms with Gasteiger partial charge < -0.3 is 0 Å². The normalized spacial score (nSPS) is 26.6. The van der Waals surface area contributed by atoms with E-state index in [1.54, 1.807) is 0 Å². The Morgan fingerprint density at radius 3 is 2.21 bits per heavy atom. The van der Waals surface area contributed by atoms with E-state index in [-0.39, 0.29) is 5.41 Å². The van der Waals surface area contributed by atoms with Gasteiger partial charge in [-0.05, 0) is 30.6 Å². The summed E-state index contributed by atoms with van der Waals surface area (Å²) in [7, 11) is -2.73. The van der Waals surface area contributed by atoms with Gasteiger partial charge in [0.2, 0.25) is 0 Å². The van der Waals surface area contributed by atoms with Crippen molar-refractivity contribution in [3.05, 3.63) is 0 Å². The lowest BCUT2D eigenvalue weighted by Gasteiger charge is -2.35. The monoisotopic (exact) mass is 282 g/mol. The van der Waals surface area contributed by atoms with Gasteiger partial charge in [0.15, 0.2) is 9.84 Å². The molecule has 4 heteroatoms. The van der Waals surface area contributed by atoms with E-state index in [1.807, 2.05) is 0 Å². The van der Waals surface area contributed by atoms with Gasteiger partial charge >= 0.3 is 0 Å². The van der Waals surface area contributed by atoms with Gasteiger partial charge in [-0.1, -0.05) is 29.8 Å². The Morgan fingerprint density at radius 1 is 1.36 bits per heavy atom. The van der Waals surface area contributed by atoms with Crippen molar-refractivity contribution in [3.8, 4) is 0 Å². The molecule has 0 N–H and O–H groups in total. The maximum atomic E-state index is 11.4. The molecule has 0 spiro atoms. The van der Waals surface area contributed by atoms with Gasteiger partial charge in [-0.3, -0.25) is 0 Å². The van der Waals surface area contributed by atoms with Crippen molar-refractivity contribution in [2.24, 2.45) is 11.3 Å². The van der Waals surface area contributed by atoms with Crippen LogP contribution in [0.4, 0.5) is 0 Å². The Morgan fingerprint density at radius 2 is 1.93 bits per heavy atom. The second-order valence-electron chi connectivity index (χ2n) is 4.30. The van der Waals surface area contributed by atoms with Crippen LogP contribution in [0.5, 0.6) is 0 Å². The highest BCUT2D eigenvalue weighted by atomic mass is 79.9. The van der Waals surface area contributed by atoms with Gasteiger partial charge in [0.1, 0.15) is 0 Å². The van der Waals surface area contributed by atoms with Gasteiger partial charge in [0.25, 0.3) is 0 Å². The molecule has 0 aromatic heterocycles. The number of alkyl halides is 1. The summed E-state index contributed by atoms with van der Waals surface area (Å²) in [5.74, 6) is 1.16. The first-order valence-corrected chi connectivity index (χ1v) is 8.20. The van der Waals surface area contributed by atoms with E-state index in [2.05, 4.69) is 29.8 Å². The van der Waals surface area contributed by atoms with E-state index in [4.69, 9.17) is 0 Å². The lowest BCUT2D eigenvalue weighted by molar-refractivity contribution is 0.197. The molecule has 14 heavy (non-hydrogen) atoms. The van der Waals surface area contributed by atoms with E-state index < -0.39 is 9.84 Å². The molecule has 0 saturated carbocycles. The summed E-state index contributed by atoms with van der Waals surface area (Å²) in [5.41, 5.74) is 0.198. The minimum absolute atomic E-state index is 0.198. The molecule has 0 amide bonds. The van der Waals surface area contributed by atoms with Gasteiger partial charge in [-0.15, -0.1) is 0 Å². The summed E-state index contributed by atoms with van der Waals surface area (Å²) in [6, 6.07) is 0. The molecule has 1 aliphatic heterocycles. The molecule has 0 radical (unpaired) electrons. The number of hydrogen-bond donors (Lipinski definition) is 0. The molecule has 0 bridgehead atoms. The fourth-order valence-electron chi connectivity index (χ4n) is 2.40. The van der Waals surface area contributed by atoms with Crippen molar-refractivity contribution in [2.45, 2.75) is 33.1 Å². The third-order valence-electron chi connectivity index (χ3n) is 3.77. The molecule has 1 saturated heterocycles. The molecule has 84 valence electrons. The SMILES string of the molecule is CCC(CC)(CBr)C1CCS(=O)(=O)C1. The fraction of sp³-hybridized carbons (Fsp3) is 1.00. The summed E-state index contributed by atoms with van der Waals surface area (Å²) in [6.07, 6.45) is 2.99. The summed E-state index contributed by atoms with van der Waals surface area (Å²) >= 11 is 3.55. The van der Waals surface area contributed by atoms with Crippen LogP contribution in [0.3, 0.4) is 0 Å². The second kappa shape index (κ2) is 4.52. The zero-order valence-corrected chi connectivity index (χ0v) is 11.3. The molecule has 0 aromatic carbocycles. The zero-order valence-electron chi connectivity index (χ0n) is 8.92. The molecule has 0 aromatic rings. The smallest absolute Gasteiger partial charge is 0.150 e. The third kappa shape index (κ3) is 2.32. The van der Waals surface area contributed by atoms with Gasteiger partial charge in [0, 0.05) is 5.33 Å². The average Bonchev–Trinajstić information content (AvgIpc) is 2.51. The predicted molar refractivity (Wildman–Crippen MR) is 63.6 cm³/mol. The van der Waals surface area contributed by atoms with Crippen molar-refractivity contribution in [1.82, 2.24) is 0 Å². The van der Waals surface area contributed by atoms with Crippen molar-refractivity contribution in [3.63, 3.8) is 0 Å². The van der Waals surface area contributed by atoms with E-state index in [9.17, 15) is 8.42 Å². The van der Waals surface area contributed by atoms with Crippen LogP contribution in [0.2, 0.25) is 0 Å². The molecule has 1 fully saturated rings. The lowest BCUT2D eigenvalue weighted by atomic mass is 9.73. The Balaban J connectivity index is 2.82. The van der Waals surface area contributed by atoms with Gasteiger partial charge in [-0.25, -0.2) is 8.42 Å². The maximum absolute atomic E-state index is 11.4. The quantitative estimate of drug-likeness (QED) is 0.743. The minimum atomic E-state index is -2.73. The van der Waals surface area contributed by atoms with Crippen molar-refractivity contribution in [1.29, 1.82) is 0 Å². The van der Waals surface area contributed by atoms with Crippen LogP contribution in [0.1, 0.15) is 33.1 Å². The fourth-order valence-corrected chi connectivity index (χ4v) is 5.60. The van der Waals surface area contributed by atoms with Crippen LogP contribution in [-0.2, 0) is 9.84 Å². The Kier molecular flexibility index (Phi) is 4.03. The van der Waals surface area contributed by atoms with Crippen molar-refractivity contribution < 1.29 is 8.42 Å². The highest BCUT2D eigenvalue weighted by Crippen LogP contribution is 2.42. The van der Waals surface area contributed by atoms with Crippen molar-refractivity contribution >= 4 is 25.8 Å². The van der Waals surface area contributed by atoms with E-state index in [0.29, 0.717) is 17.4 Å². The predicted octanol–water partition coefficient (Wildman–Crippen LogP) is 2.62. The topological polar surface area (TPSA) is 34.1 Å². The molecular formula is C10H19BrO2S. The van der Waals surface area contributed by atoms with E-state index >= 15 is 0 Å². The molecule has 1 heterocycles. The first-order chi connectivity index (χ1) is 6.49.